The van der Waals surface area contributed by atoms with Gasteiger partial charge in [-0.3, -0.25) is 0 Å². The van der Waals surface area contributed by atoms with Gasteiger partial charge in [-0.25, -0.2) is 0 Å². The number of hydrogen-bond acceptors (Lipinski definition) is 4. The van der Waals surface area contributed by atoms with Crippen molar-refractivity contribution in [2.45, 2.75) is 0 Å². The van der Waals surface area contributed by atoms with E-state index in [1.54, 1.807) is 0 Å². The Labute approximate surface area is 34.4 Å². The van der Waals surface area contributed by atoms with Crippen molar-refractivity contribution >= 4 is 0 Å². The Hall–Kier alpha value is -1.06. The Morgan fingerprint density at radius 3 is 3.00 bits per heavy atom. The summed E-state index contributed by atoms with van der Waals surface area (Å²) in [5.74, 6) is 0. The molecule has 0 atom stereocenters. The van der Waals surface area contributed by atoms with E-state index in [1.807, 2.05) is 0 Å². The Morgan fingerprint density at radius 1 is 1.83 bits per heavy atom. The van der Waals surface area contributed by atoms with Crippen LogP contribution in [0.1, 0.15) is 0 Å². The SMILES string of the molecule is [C]1=CONN=N1. The van der Waals surface area contributed by atoms with E-state index in [0.717, 1.165) is 0 Å². The summed E-state index contributed by atoms with van der Waals surface area (Å²) in [4.78, 5) is 4.32. The molecule has 0 unspecified atom stereocenters. The zero-order chi connectivity index (χ0) is 4.24. The van der Waals surface area contributed by atoms with Crippen molar-refractivity contribution in [3.05, 3.63) is 12.5 Å². The molecule has 0 amide bonds. The van der Waals surface area contributed by atoms with E-state index in [4.69, 9.17) is 0 Å². The molecule has 0 aliphatic carbocycles. The number of hydrogen-bond donors (Lipinski definition) is 1. The van der Waals surface area contributed by atoms with Crippen molar-refractivity contribution in [2.75, 3.05) is 0 Å². The van der Waals surface area contributed by atoms with Crippen molar-refractivity contribution < 1.29 is 4.84 Å². The molecule has 0 spiro atoms. The highest BCUT2D eigenvalue weighted by molar-refractivity contribution is 4.56. The molecular weight excluding hydrogens is 82.0 g/mol. The molecule has 4 nitrogen and oxygen atoms in total. The normalized spacial score (nSPS) is 16.0. The van der Waals surface area contributed by atoms with Gasteiger partial charge in [-0.1, -0.05) is 0 Å². The molecule has 0 bridgehead atoms. The number of nitrogens with one attached hydrogen (secondary N) is 1. The predicted molar refractivity (Wildman–Crippen MR) is 16.9 cm³/mol. The highest BCUT2D eigenvalue weighted by atomic mass is 16.7. The lowest BCUT2D eigenvalue weighted by Gasteiger charge is -1.93. The molecule has 1 heterocycles. The lowest BCUT2D eigenvalue weighted by atomic mass is 11.0. The van der Waals surface area contributed by atoms with E-state index >= 15 is 0 Å². The van der Waals surface area contributed by atoms with Crippen LogP contribution in [-0.4, -0.2) is 0 Å². The number of nitrogens with zero attached hydrogens (tertiary/aromatic N) is 2. The van der Waals surface area contributed by atoms with Crippen LogP contribution in [0.15, 0.2) is 16.6 Å². The summed E-state index contributed by atoms with van der Waals surface area (Å²) < 4.78 is 0. The van der Waals surface area contributed by atoms with Gasteiger partial charge in [-0.05, 0) is 5.22 Å². The van der Waals surface area contributed by atoms with Gasteiger partial charge in [0.25, 0.3) is 0 Å². The Kier molecular flexibility index (Phi) is 0.731. The molecular formula is C2H2N3O. The molecule has 0 fully saturated rings. The van der Waals surface area contributed by atoms with Gasteiger partial charge in [0, 0.05) is 0 Å². The third kappa shape index (κ3) is 0.453. The molecule has 1 aliphatic heterocycles. The third-order valence-corrected chi connectivity index (χ3v) is 0.313. The first-order chi connectivity index (χ1) is 3.00. The monoisotopic (exact) mass is 84.0 g/mol. The zero-order valence-electron chi connectivity index (χ0n) is 2.88. The largest absolute Gasteiger partial charge is 0.369 e. The molecule has 1 N–H and O–H groups in total. The predicted octanol–water partition coefficient (Wildman–Crippen LogP) is 0.163. The van der Waals surface area contributed by atoms with E-state index in [-0.39, 0.29) is 0 Å². The lowest BCUT2D eigenvalue weighted by Crippen LogP contribution is -2.01. The molecule has 4 heteroatoms. The average molecular weight is 84.1 g/mol. The molecule has 0 aromatic rings. The molecule has 1 aliphatic rings. The van der Waals surface area contributed by atoms with E-state index in [0.29, 0.717) is 0 Å². The molecule has 0 saturated heterocycles. The maximum Gasteiger partial charge on any atom is 0.156 e. The van der Waals surface area contributed by atoms with E-state index in [9.17, 15) is 0 Å². The van der Waals surface area contributed by atoms with Crippen molar-refractivity contribution in [1.82, 2.24) is 5.59 Å². The summed E-state index contributed by atoms with van der Waals surface area (Å²) in [6.07, 6.45) is 3.60. The van der Waals surface area contributed by atoms with Gasteiger partial charge < -0.3 is 4.84 Å². The summed E-state index contributed by atoms with van der Waals surface area (Å²) in [5, 5.41) is 6.45. The van der Waals surface area contributed by atoms with E-state index < -0.39 is 0 Å². The molecule has 0 aromatic carbocycles. The van der Waals surface area contributed by atoms with Crippen molar-refractivity contribution in [1.29, 1.82) is 0 Å². The van der Waals surface area contributed by atoms with Crippen LogP contribution < -0.4 is 5.59 Å². The van der Waals surface area contributed by atoms with Gasteiger partial charge in [-0.15, -0.1) is 10.7 Å². The van der Waals surface area contributed by atoms with Crippen LogP contribution in [0.25, 0.3) is 0 Å². The summed E-state index contributed by atoms with van der Waals surface area (Å²) in [6.45, 7) is 0. The topological polar surface area (TPSA) is 46.0 Å². The smallest absolute Gasteiger partial charge is 0.156 e. The molecule has 1 rings (SSSR count). The molecule has 0 saturated carbocycles. The highest BCUT2D eigenvalue weighted by Crippen LogP contribution is 1.80. The third-order valence-electron chi connectivity index (χ3n) is 0.313. The van der Waals surface area contributed by atoms with Gasteiger partial charge >= 0.3 is 0 Å². The minimum Gasteiger partial charge on any atom is -0.369 e. The van der Waals surface area contributed by atoms with Crippen LogP contribution in [0.2, 0.25) is 0 Å². The fourth-order valence-corrected chi connectivity index (χ4v) is 0.149. The minimum absolute atomic E-state index is 1.27. The van der Waals surface area contributed by atoms with Crippen LogP contribution in [0.5, 0.6) is 0 Å². The Morgan fingerprint density at radius 2 is 2.83 bits per heavy atom. The average Bonchev–Trinajstić information content (AvgIpc) is 1.72. The first-order valence-corrected chi connectivity index (χ1v) is 1.38. The van der Waals surface area contributed by atoms with Crippen LogP contribution >= 0.6 is 0 Å². The Bertz CT molecular complexity index is 74.8. The van der Waals surface area contributed by atoms with Crippen LogP contribution in [-0.2, 0) is 4.84 Å². The van der Waals surface area contributed by atoms with Gasteiger partial charge in [-0.2, -0.15) is 0 Å². The summed E-state index contributed by atoms with van der Waals surface area (Å²) in [7, 11) is 0. The second-order valence-corrected chi connectivity index (χ2v) is 0.656. The fraction of sp³-hybridized carbons (Fsp3) is 0. The first kappa shape index (κ1) is 3.14. The summed E-state index contributed by atoms with van der Waals surface area (Å²) in [5.41, 5.74) is 2.12. The molecule has 0 aromatic heterocycles. The van der Waals surface area contributed by atoms with Gasteiger partial charge in [0.05, 0.1) is 0 Å². The summed E-state index contributed by atoms with van der Waals surface area (Å²) in [6, 6.07) is 0. The van der Waals surface area contributed by atoms with Crippen LogP contribution in [0, 0.1) is 6.20 Å². The first-order valence-electron chi connectivity index (χ1n) is 1.38. The quantitative estimate of drug-likeness (QED) is 0.454. The van der Waals surface area contributed by atoms with Crippen molar-refractivity contribution in [2.24, 2.45) is 10.3 Å². The second-order valence-electron chi connectivity index (χ2n) is 0.656. The number of rotatable bonds is 0. The van der Waals surface area contributed by atoms with Gasteiger partial charge in [0.1, 0.15) is 0 Å². The second kappa shape index (κ2) is 1.40. The maximum atomic E-state index is 4.32. The van der Waals surface area contributed by atoms with E-state index in [1.165, 1.54) is 6.26 Å². The maximum absolute atomic E-state index is 4.32. The molecule has 6 heavy (non-hydrogen) atoms. The van der Waals surface area contributed by atoms with Crippen LogP contribution in [0.3, 0.4) is 0 Å². The lowest BCUT2D eigenvalue weighted by molar-refractivity contribution is 0.120. The van der Waals surface area contributed by atoms with Crippen molar-refractivity contribution in [3.8, 4) is 0 Å². The standard InChI is InChI=1S/C2H2N3O/c1-2-6-5-4-3-1/h2H,(H,3,5). The summed E-state index contributed by atoms with van der Waals surface area (Å²) >= 11 is 0. The fourth-order valence-electron chi connectivity index (χ4n) is 0.149. The van der Waals surface area contributed by atoms with E-state index in [2.05, 4.69) is 27.0 Å². The minimum atomic E-state index is 1.27. The molecule has 1 radical (unpaired) electrons. The molecule has 31 valence electrons. The zero-order valence-corrected chi connectivity index (χ0v) is 2.88. The van der Waals surface area contributed by atoms with Gasteiger partial charge in [0.2, 0.25) is 0 Å². The van der Waals surface area contributed by atoms with Crippen LogP contribution in [0.4, 0.5) is 0 Å². The van der Waals surface area contributed by atoms with Gasteiger partial charge in [0.15, 0.2) is 12.5 Å². The Balaban J connectivity index is 2.46. The van der Waals surface area contributed by atoms with Crippen molar-refractivity contribution in [3.63, 3.8) is 0 Å². The highest BCUT2D eigenvalue weighted by Gasteiger charge is 1.76.